The van der Waals surface area contributed by atoms with Crippen molar-refractivity contribution in [2.24, 2.45) is 11.8 Å². The predicted octanol–water partition coefficient (Wildman–Crippen LogP) is 0.706. The Kier molecular flexibility index (Phi) is 11.3. The van der Waals surface area contributed by atoms with Gasteiger partial charge in [-0.3, -0.25) is 19.3 Å². The molecule has 172 valence electrons. The molecule has 30 heavy (non-hydrogen) atoms. The summed E-state index contributed by atoms with van der Waals surface area (Å²) < 4.78 is 21.7. The van der Waals surface area contributed by atoms with Gasteiger partial charge in [0.1, 0.15) is 0 Å². The first kappa shape index (κ1) is 24.7. The Morgan fingerprint density at radius 1 is 0.900 bits per heavy atom. The van der Waals surface area contributed by atoms with Crippen LogP contribution in [0, 0.1) is 11.8 Å². The molecule has 0 bridgehead atoms. The normalized spacial score (nSPS) is 21.8. The lowest BCUT2D eigenvalue weighted by Gasteiger charge is -2.15. The quantitative estimate of drug-likeness (QED) is 0.280. The van der Waals surface area contributed by atoms with Gasteiger partial charge in [0.25, 0.3) is 0 Å². The first-order valence-corrected chi connectivity index (χ1v) is 10.9. The summed E-state index contributed by atoms with van der Waals surface area (Å²) in [5.41, 5.74) is 0. The smallest absolute Gasteiger partial charge is 0.232 e. The van der Waals surface area contributed by atoms with Crippen molar-refractivity contribution < 1.29 is 33.3 Å². The molecule has 2 aliphatic rings. The van der Waals surface area contributed by atoms with Crippen molar-refractivity contribution in [1.29, 1.82) is 0 Å². The maximum Gasteiger partial charge on any atom is 0.232 e. The van der Waals surface area contributed by atoms with Crippen LogP contribution >= 0.6 is 0 Å². The monoisotopic (exact) mass is 428 g/mol. The zero-order valence-electron chi connectivity index (χ0n) is 18.3. The molecule has 2 heterocycles. The molecule has 0 spiro atoms. The van der Waals surface area contributed by atoms with Crippen LogP contribution < -0.4 is 0 Å². The maximum atomic E-state index is 12.0. The maximum absolute atomic E-state index is 12.0. The first-order valence-electron chi connectivity index (χ1n) is 10.9. The highest BCUT2D eigenvalue weighted by atomic mass is 16.6. The molecular formula is C21H36N2O7. The molecule has 0 aromatic heterocycles. The second kappa shape index (κ2) is 13.7. The van der Waals surface area contributed by atoms with Gasteiger partial charge < -0.3 is 23.8 Å². The van der Waals surface area contributed by atoms with Crippen LogP contribution in [0.2, 0.25) is 0 Å². The van der Waals surface area contributed by atoms with Crippen LogP contribution in [0.25, 0.3) is 0 Å². The van der Waals surface area contributed by atoms with Crippen molar-refractivity contribution in [3.05, 3.63) is 0 Å². The highest BCUT2D eigenvalue weighted by Gasteiger charge is 2.34. The molecule has 9 heteroatoms. The van der Waals surface area contributed by atoms with E-state index in [4.69, 9.17) is 18.9 Å². The lowest BCUT2D eigenvalue weighted by molar-refractivity contribution is -0.140. The lowest BCUT2D eigenvalue weighted by atomic mass is 10.1. The minimum Gasteiger partial charge on any atom is -0.379 e. The lowest BCUT2D eigenvalue weighted by Crippen LogP contribution is -2.33. The fourth-order valence-corrected chi connectivity index (χ4v) is 3.48. The second-order valence-corrected chi connectivity index (χ2v) is 7.92. The van der Waals surface area contributed by atoms with Gasteiger partial charge in [-0.15, -0.1) is 0 Å². The zero-order chi connectivity index (χ0) is 21.8. The number of carbonyl (C=O) groups is 3. The third-order valence-corrected chi connectivity index (χ3v) is 5.28. The molecule has 0 aromatic rings. The summed E-state index contributed by atoms with van der Waals surface area (Å²) in [7, 11) is 0. The van der Waals surface area contributed by atoms with Gasteiger partial charge in [0, 0.05) is 25.4 Å². The Bertz CT molecular complexity index is 557. The van der Waals surface area contributed by atoms with E-state index < -0.39 is 0 Å². The third kappa shape index (κ3) is 8.67. The van der Waals surface area contributed by atoms with Gasteiger partial charge in [-0.05, 0) is 12.3 Å². The van der Waals surface area contributed by atoms with Crippen LogP contribution in [-0.4, -0.2) is 100 Å². The number of imide groups is 1. The molecule has 0 unspecified atom stereocenters. The molecule has 2 saturated heterocycles. The first-order chi connectivity index (χ1) is 14.5. The Morgan fingerprint density at radius 3 is 1.97 bits per heavy atom. The SMILES string of the molecule is C[C@H]1CCN(C(=O)CCOCCOCCOCCOCCN2C(=O)C[C@H](C)C2=O)C1. The van der Waals surface area contributed by atoms with Crippen molar-refractivity contribution in [3.63, 3.8) is 0 Å². The summed E-state index contributed by atoms with van der Waals surface area (Å²) in [4.78, 5) is 38.5. The van der Waals surface area contributed by atoms with Crippen molar-refractivity contribution >= 4 is 17.7 Å². The minimum absolute atomic E-state index is 0.117. The number of rotatable bonds is 15. The van der Waals surface area contributed by atoms with E-state index in [1.165, 1.54) is 4.90 Å². The Labute approximate surface area is 178 Å². The molecule has 9 nitrogen and oxygen atoms in total. The van der Waals surface area contributed by atoms with Crippen LogP contribution in [0.3, 0.4) is 0 Å². The third-order valence-electron chi connectivity index (χ3n) is 5.28. The fraction of sp³-hybridized carbons (Fsp3) is 0.857. The van der Waals surface area contributed by atoms with Gasteiger partial charge in [-0.1, -0.05) is 13.8 Å². The number of hydrogen-bond donors (Lipinski definition) is 0. The van der Waals surface area contributed by atoms with E-state index in [0.717, 1.165) is 19.5 Å². The average Bonchev–Trinajstić information content (AvgIpc) is 3.25. The Balaban J connectivity index is 1.30. The van der Waals surface area contributed by atoms with Crippen molar-refractivity contribution in [2.75, 3.05) is 72.5 Å². The fourth-order valence-electron chi connectivity index (χ4n) is 3.48. The van der Waals surface area contributed by atoms with Crippen molar-refractivity contribution in [1.82, 2.24) is 9.80 Å². The van der Waals surface area contributed by atoms with Gasteiger partial charge >= 0.3 is 0 Å². The van der Waals surface area contributed by atoms with Crippen LogP contribution in [-0.2, 0) is 33.3 Å². The highest BCUT2D eigenvalue weighted by Crippen LogP contribution is 2.18. The number of ether oxygens (including phenoxy) is 4. The summed E-state index contributed by atoms with van der Waals surface area (Å²) in [6.45, 7) is 9.37. The van der Waals surface area contributed by atoms with E-state index in [0.29, 0.717) is 78.2 Å². The van der Waals surface area contributed by atoms with Gasteiger partial charge in [0.15, 0.2) is 0 Å². The van der Waals surface area contributed by atoms with Crippen LogP contribution in [0.4, 0.5) is 0 Å². The molecule has 2 fully saturated rings. The van der Waals surface area contributed by atoms with E-state index in [1.807, 2.05) is 4.90 Å². The summed E-state index contributed by atoms with van der Waals surface area (Å²) in [6.07, 6.45) is 1.81. The zero-order valence-corrected chi connectivity index (χ0v) is 18.3. The van der Waals surface area contributed by atoms with Gasteiger partial charge in [-0.25, -0.2) is 0 Å². The molecule has 2 rings (SSSR count). The van der Waals surface area contributed by atoms with Crippen LogP contribution in [0.15, 0.2) is 0 Å². The van der Waals surface area contributed by atoms with E-state index in [2.05, 4.69) is 6.92 Å². The van der Waals surface area contributed by atoms with E-state index >= 15 is 0 Å². The van der Waals surface area contributed by atoms with Gasteiger partial charge in [0.2, 0.25) is 17.7 Å². The van der Waals surface area contributed by atoms with Crippen molar-refractivity contribution in [2.45, 2.75) is 33.1 Å². The van der Waals surface area contributed by atoms with E-state index in [-0.39, 0.29) is 23.6 Å². The number of hydrogen-bond acceptors (Lipinski definition) is 7. The number of carbonyl (C=O) groups excluding carboxylic acids is 3. The summed E-state index contributed by atoms with van der Waals surface area (Å²) >= 11 is 0. The van der Waals surface area contributed by atoms with Crippen molar-refractivity contribution in [3.8, 4) is 0 Å². The summed E-state index contributed by atoms with van der Waals surface area (Å²) in [6, 6.07) is 0. The summed E-state index contributed by atoms with van der Waals surface area (Å²) in [5.74, 6) is 0.319. The standard InChI is InChI=1S/C21H36N2O7/c1-17-3-5-22(16-17)19(24)4-7-27-9-11-29-13-14-30-12-10-28-8-6-23-20(25)15-18(2)21(23)26/h17-18H,3-16H2,1-2H3/t17-,18-/m0/s1. The Morgan fingerprint density at radius 2 is 1.47 bits per heavy atom. The molecule has 0 aliphatic carbocycles. The minimum atomic E-state index is -0.215. The predicted molar refractivity (Wildman–Crippen MR) is 109 cm³/mol. The molecule has 2 aliphatic heterocycles. The second-order valence-electron chi connectivity index (χ2n) is 7.92. The molecular weight excluding hydrogens is 392 g/mol. The molecule has 0 radical (unpaired) electrons. The molecule has 0 aromatic carbocycles. The topological polar surface area (TPSA) is 94.6 Å². The van der Waals surface area contributed by atoms with Crippen LogP contribution in [0.5, 0.6) is 0 Å². The Hall–Kier alpha value is -1.55. The molecule has 2 atom stereocenters. The number of nitrogens with zero attached hydrogens (tertiary/aromatic N) is 2. The van der Waals surface area contributed by atoms with Gasteiger partial charge in [0.05, 0.1) is 65.8 Å². The largest absolute Gasteiger partial charge is 0.379 e. The highest BCUT2D eigenvalue weighted by molar-refractivity contribution is 6.03. The number of likely N-dealkylation sites (tertiary alicyclic amines) is 2. The molecule has 3 amide bonds. The average molecular weight is 429 g/mol. The molecule has 0 saturated carbocycles. The van der Waals surface area contributed by atoms with Crippen LogP contribution in [0.1, 0.15) is 33.1 Å². The molecule has 0 N–H and O–H groups in total. The summed E-state index contributed by atoms with van der Waals surface area (Å²) in [5, 5.41) is 0. The van der Waals surface area contributed by atoms with Gasteiger partial charge in [-0.2, -0.15) is 0 Å². The number of amides is 3. The van der Waals surface area contributed by atoms with E-state index in [9.17, 15) is 14.4 Å². The van der Waals surface area contributed by atoms with E-state index in [1.54, 1.807) is 6.92 Å².